The number of hydrogen-bond acceptors (Lipinski definition) is 5. The van der Waals surface area contributed by atoms with E-state index in [1.165, 1.54) is 6.07 Å². The molecule has 3 aromatic rings. The molecule has 0 aliphatic carbocycles. The number of carbonyl (C=O) groups excluding carboxylic acids is 1. The van der Waals surface area contributed by atoms with Crippen LogP contribution in [0, 0.1) is 6.92 Å². The van der Waals surface area contributed by atoms with Gasteiger partial charge in [0.15, 0.2) is 0 Å². The van der Waals surface area contributed by atoms with Crippen molar-refractivity contribution < 1.29 is 9.53 Å². The monoisotopic (exact) mass is 412 g/mol. The van der Waals surface area contributed by atoms with Gasteiger partial charge >= 0.3 is 0 Å². The minimum absolute atomic E-state index is 0.237. The number of halogens is 1. The Morgan fingerprint density at radius 3 is 2.72 bits per heavy atom. The molecule has 150 valence electrons. The van der Waals surface area contributed by atoms with Crippen LogP contribution in [0.2, 0.25) is 5.02 Å². The second kappa shape index (κ2) is 9.34. The van der Waals surface area contributed by atoms with E-state index in [4.69, 9.17) is 16.3 Å². The fourth-order valence-electron chi connectivity index (χ4n) is 2.95. The third kappa shape index (κ3) is 5.42. The van der Waals surface area contributed by atoms with E-state index in [-0.39, 0.29) is 17.3 Å². The fourth-order valence-corrected chi connectivity index (χ4v) is 3.08. The van der Waals surface area contributed by atoms with Crippen molar-refractivity contribution in [2.75, 3.05) is 6.61 Å². The summed E-state index contributed by atoms with van der Waals surface area (Å²) in [5.41, 5.74) is 1.51. The zero-order chi connectivity index (χ0) is 20.8. The molecule has 0 aliphatic rings. The van der Waals surface area contributed by atoms with Gasteiger partial charge in [-0.25, -0.2) is 9.97 Å². The molecule has 0 unspecified atom stereocenters. The van der Waals surface area contributed by atoms with Crippen molar-refractivity contribution in [3.8, 4) is 5.88 Å². The van der Waals surface area contributed by atoms with E-state index in [1.54, 1.807) is 37.4 Å². The minimum atomic E-state index is -0.428. The summed E-state index contributed by atoms with van der Waals surface area (Å²) >= 11 is 6.01. The number of hydrogen-bond donors (Lipinski definition) is 2. The number of aromatic nitrogens is 3. The van der Waals surface area contributed by atoms with Crippen molar-refractivity contribution in [1.29, 1.82) is 0 Å². The Kier molecular flexibility index (Phi) is 6.61. The van der Waals surface area contributed by atoms with E-state index < -0.39 is 6.04 Å². The Balaban J connectivity index is 1.92. The summed E-state index contributed by atoms with van der Waals surface area (Å²) in [7, 11) is 0. The number of aryl methyl sites for hydroxylation is 1. The van der Waals surface area contributed by atoms with Crippen LogP contribution in [-0.2, 0) is 6.42 Å². The van der Waals surface area contributed by atoms with Gasteiger partial charge in [0.1, 0.15) is 11.4 Å². The van der Waals surface area contributed by atoms with Crippen molar-refractivity contribution in [3.05, 3.63) is 86.7 Å². The van der Waals surface area contributed by atoms with E-state index in [9.17, 15) is 9.59 Å². The Morgan fingerprint density at radius 2 is 2.03 bits per heavy atom. The summed E-state index contributed by atoms with van der Waals surface area (Å²) in [6, 6.07) is 11.5. The maximum absolute atomic E-state index is 13.0. The molecule has 29 heavy (non-hydrogen) atoms. The summed E-state index contributed by atoms with van der Waals surface area (Å²) < 4.78 is 5.46. The molecular weight excluding hydrogens is 392 g/mol. The highest BCUT2D eigenvalue weighted by molar-refractivity contribution is 6.30. The van der Waals surface area contributed by atoms with Crippen LogP contribution in [0.4, 0.5) is 0 Å². The fraction of sp³-hybridized carbons (Fsp3) is 0.238. The molecule has 8 heteroatoms. The van der Waals surface area contributed by atoms with Crippen LogP contribution in [0.5, 0.6) is 5.88 Å². The van der Waals surface area contributed by atoms with Gasteiger partial charge in [0.05, 0.1) is 18.3 Å². The maximum atomic E-state index is 13.0. The van der Waals surface area contributed by atoms with Gasteiger partial charge in [0, 0.05) is 23.7 Å². The van der Waals surface area contributed by atoms with Crippen LogP contribution < -0.4 is 15.6 Å². The predicted molar refractivity (Wildman–Crippen MR) is 110 cm³/mol. The quantitative estimate of drug-likeness (QED) is 0.621. The van der Waals surface area contributed by atoms with E-state index in [1.807, 2.05) is 19.1 Å². The summed E-state index contributed by atoms with van der Waals surface area (Å²) in [5.74, 6) is 0.454. The molecule has 1 aromatic carbocycles. The average Bonchev–Trinajstić information content (AvgIpc) is 2.68. The number of pyridine rings is 1. The molecule has 1 amide bonds. The molecule has 2 heterocycles. The predicted octanol–water partition coefficient (Wildman–Crippen LogP) is 3.24. The highest BCUT2D eigenvalue weighted by Gasteiger charge is 2.20. The zero-order valence-electron chi connectivity index (χ0n) is 16.1. The zero-order valence-corrected chi connectivity index (χ0v) is 16.9. The molecular formula is C21H21ClN4O3. The summed E-state index contributed by atoms with van der Waals surface area (Å²) in [6.07, 6.45) is 1.91. The lowest BCUT2D eigenvalue weighted by Gasteiger charge is -2.20. The third-order valence-electron chi connectivity index (χ3n) is 4.20. The number of amides is 1. The average molecular weight is 413 g/mol. The van der Waals surface area contributed by atoms with Crippen LogP contribution in [0.25, 0.3) is 0 Å². The summed E-state index contributed by atoms with van der Waals surface area (Å²) in [6.45, 7) is 3.94. The Bertz CT molecular complexity index is 1050. The standard InChI is InChI=1S/C21H21ClN4O3/c1-3-29-21-17(5-4-10-23-21)20(28)26-18(14-6-8-15(22)9-7-14)11-16-12-19(27)25-13(2)24-16/h4-10,12,18H,3,11H2,1-2H3,(H,26,28)(H,24,25,27)/t18-/m0/s1. The first-order chi connectivity index (χ1) is 14.0. The van der Waals surface area contributed by atoms with Gasteiger partial charge in [-0.3, -0.25) is 9.59 Å². The van der Waals surface area contributed by atoms with E-state index >= 15 is 0 Å². The first-order valence-electron chi connectivity index (χ1n) is 9.17. The molecule has 3 rings (SSSR count). The lowest BCUT2D eigenvalue weighted by atomic mass is 10.0. The molecule has 0 saturated heterocycles. The van der Waals surface area contributed by atoms with Crippen LogP contribution >= 0.6 is 11.6 Å². The van der Waals surface area contributed by atoms with Crippen molar-refractivity contribution >= 4 is 17.5 Å². The van der Waals surface area contributed by atoms with Crippen LogP contribution in [-0.4, -0.2) is 27.5 Å². The lowest BCUT2D eigenvalue weighted by molar-refractivity contribution is 0.0931. The highest BCUT2D eigenvalue weighted by Crippen LogP contribution is 2.22. The largest absolute Gasteiger partial charge is 0.477 e. The van der Waals surface area contributed by atoms with Gasteiger partial charge in [-0.2, -0.15) is 0 Å². The first kappa shape index (κ1) is 20.5. The van der Waals surface area contributed by atoms with Gasteiger partial charge in [0.2, 0.25) is 5.88 Å². The summed E-state index contributed by atoms with van der Waals surface area (Å²) in [4.78, 5) is 35.9. The van der Waals surface area contributed by atoms with Gasteiger partial charge in [0.25, 0.3) is 11.5 Å². The molecule has 7 nitrogen and oxygen atoms in total. The molecule has 0 bridgehead atoms. The van der Waals surface area contributed by atoms with E-state index in [0.717, 1.165) is 5.56 Å². The molecule has 0 radical (unpaired) electrons. The first-order valence-corrected chi connectivity index (χ1v) is 9.55. The summed E-state index contributed by atoms with van der Waals surface area (Å²) in [5, 5.41) is 3.59. The topological polar surface area (TPSA) is 97.0 Å². The highest BCUT2D eigenvalue weighted by atomic mass is 35.5. The van der Waals surface area contributed by atoms with Crippen molar-refractivity contribution in [3.63, 3.8) is 0 Å². The lowest BCUT2D eigenvalue weighted by Crippen LogP contribution is -2.31. The van der Waals surface area contributed by atoms with Crippen molar-refractivity contribution in [2.24, 2.45) is 0 Å². The molecule has 2 N–H and O–H groups in total. The number of nitrogens with zero attached hydrogens (tertiary/aromatic N) is 2. The van der Waals surface area contributed by atoms with Crippen LogP contribution in [0.3, 0.4) is 0 Å². The van der Waals surface area contributed by atoms with E-state index in [2.05, 4.69) is 20.3 Å². The molecule has 2 aromatic heterocycles. The normalized spacial score (nSPS) is 11.7. The van der Waals surface area contributed by atoms with Gasteiger partial charge in [-0.05, 0) is 43.7 Å². The number of rotatable bonds is 7. The third-order valence-corrected chi connectivity index (χ3v) is 4.45. The molecule has 0 aliphatic heterocycles. The molecule has 0 spiro atoms. The van der Waals surface area contributed by atoms with Crippen molar-refractivity contribution in [2.45, 2.75) is 26.3 Å². The maximum Gasteiger partial charge on any atom is 0.257 e. The number of H-pyrrole nitrogens is 1. The minimum Gasteiger partial charge on any atom is -0.477 e. The second-order valence-electron chi connectivity index (χ2n) is 6.39. The number of ether oxygens (including phenoxy) is 1. The van der Waals surface area contributed by atoms with Crippen LogP contribution in [0.15, 0.2) is 53.5 Å². The van der Waals surface area contributed by atoms with Gasteiger partial charge in [-0.15, -0.1) is 0 Å². The number of benzene rings is 1. The van der Waals surface area contributed by atoms with Crippen molar-refractivity contribution in [1.82, 2.24) is 20.3 Å². The Morgan fingerprint density at radius 1 is 1.28 bits per heavy atom. The molecule has 1 atom stereocenters. The van der Waals surface area contributed by atoms with Gasteiger partial charge < -0.3 is 15.0 Å². The number of nitrogens with one attached hydrogen (secondary N) is 2. The molecule has 0 fully saturated rings. The Labute approximate surface area is 173 Å². The second-order valence-corrected chi connectivity index (χ2v) is 6.83. The van der Waals surface area contributed by atoms with E-state index in [0.29, 0.717) is 35.1 Å². The SMILES string of the molecule is CCOc1ncccc1C(=O)N[C@@H](Cc1cc(=O)[nH]c(C)n1)c1ccc(Cl)cc1. The molecule has 0 saturated carbocycles. The van der Waals surface area contributed by atoms with Crippen LogP contribution in [0.1, 0.15) is 40.4 Å². The smallest absolute Gasteiger partial charge is 0.257 e. The number of carbonyl (C=O) groups is 1. The number of aromatic amines is 1. The Hall–Kier alpha value is -3.19. The van der Waals surface area contributed by atoms with Gasteiger partial charge in [-0.1, -0.05) is 23.7 Å².